The number of carbonyl (C=O) groups excluding carboxylic acids is 1. The van der Waals surface area contributed by atoms with Crippen LogP contribution in [0.4, 0.5) is 5.88 Å². The maximum Gasteiger partial charge on any atom is 0.237 e. The average Bonchev–Trinajstić information content (AvgIpc) is 3.26. The van der Waals surface area contributed by atoms with E-state index in [1.807, 2.05) is 30.3 Å². The number of nitrogens with zero attached hydrogens (tertiary/aromatic N) is 4. The number of rotatable bonds is 7. The van der Waals surface area contributed by atoms with Crippen LogP contribution in [0, 0.1) is 6.92 Å². The first-order valence-electron chi connectivity index (χ1n) is 8.44. The van der Waals surface area contributed by atoms with Crippen LogP contribution in [0.25, 0.3) is 11.4 Å². The summed E-state index contributed by atoms with van der Waals surface area (Å²) in [6, 6.07) is 11.8. The van der Waals surface area contributed by atoms with Crippen molar-refractivity contribution in [3.05, 3.63) is 42.1 Å². The van der Waals surface area contributed by atoms with E-state index in [9.17, 15) is 4.79 Å². The molecule has 1 aromatic carbocycles. The molecule has 1 unspecified atom stereocenters. The largest absolute Gasteiger partial charge is 0.338 e. The van der Waals surface area contributed by atoms with Crippen LogP contribution in [0.1, 0.15) is 32.0 Å². The minimum absolute atomic E-state index is 0.175. The van der Waals surface area contributed by atoms with Crippen LogP contribution in [0.2, 0.25) is 0 Å². The topological polar surface area (TPSA) is 85.8 Å². The molecule has 3 rings (SSSR count). The van der Waals surface area contributed by atoms with E-state index in [4.69, 9.17) is 4.52 Å². The van der Waals surface area contributed by atoms with Gasteiger partial charge in [0, 0.05) is 17.7 Å². The first-order valence-corrected chi connectivity index (χ1v) is 9.43. The van der Waals surface area contributed by atoms with Gasteiger partial charge in [-0.3, -0.25) is 14.7 Å². The summed E-state index contributed by atoms with van der Waals surface area (Å²) in [7, 11) is 0. The third-order valence-corrected chi connectivity index (χ3v) is 4.89. The minimum atomic E-state index is -0.175. The average molecular weight is 371 g/mol. The zero-order valence-electron chi connectivity index (χ0n) is 15.0. The molecule has 0 aliphatic carbocycles. The number of thioether (sulfide) groups is 1. The highest BCUT2D eigenvalue weighted by Crippen LogP contribution is 2.29. The van der Waals surface area contributed by atoms with Crippen LogP contribution in [0.5, 0.6) is 0 Å². The molecule has 0 bridgehead atoms. The van der Waals surface area contributed by atoms with Crippen molar-refractivity contribution < 1.29 is 9.32 Å². The molecule has 2 heterocycles. The second-order valence-corrected chi connectivity index (χ2v) is 6.91. The van der Waals surface area contributed by atoms with Crippen LogP contribution >= 0.6 is 11.8 Å². The molecular weight excluding hydrogens is 350 g/mol. The Morgan fingerprint density at radius 1 is 1.31 bits per heavy atom. The fraction of sp³-hybridized carbons (Fsp3) is 0.333. The Bertz CT molecular complexity index is 875. The lowest BCUT2D eigenvalue weighted by Gasteiger charge is -2.16. The molecular formula is C18H21N5O2S. The summed E-state index contributed by atoms with van der Waals surface area (Å²) in [4.78, 5) is 12.1. The molecule has 2 aromatic heterocycles. The molecule has 0 radical (unpaired) electrons. The van der Waals surface area contributed by atoms with E-state index < -0.39 is 0 Å². The lowest BCUT2D eigenvalue weighted by Crippen LogP contribution is -2.15. The normalized spacial score (nSPS) is 12.1. The molecule has 3 aromatic rings. The summed E-state index contributed by atoms with van der Waals surface area (Å²) in [6.45, 7) is 6.04. The molecule has 0 saturated heterocycles. The second kappa shape index (κ2) is 8.18. The first kappa shape index (κ1) is 18.2. The lowest BCUT2D eigenvalue weighted by molar-refractivity contribution is -0.113. The number of nitrogens with one attached hydrogen (secondary N) is 1. The number of benzene rings is 1. The van der Waals surface area contributed by atoms with Gasteiger partial charge in [0.25, 0.3) is 0 Å². The molecule has 8 heteroatoms. The highest BCUT2D eigenvalue weighted by atomic mass is 32.2. The summed E-state index contributed by atoms with van der Waals surface area (Å²) in [5.41, 5.74) is 1.73. The van der Waals surface area contributed by atoms with E-state index in [0.717, 1.165) is 28.7 Å². The highest BCUT2D eigenvalue weighted by molar-refractivity contribution is 7.99. The molecule has 1 N–H and O–H groups in total. The predicted octanol–water partition coefficient (Wildman–Crippen LogP) is 3.94. The Morgan fingerprint density at radius 3 is 2.73 bits per heavy atom. The maximum absolute atomic E-state index is 12.1. The van der Waals surface area contributed by atoms with Crippen LogP contribution in [0.3, 0.4) is 0 Å². The van der Waals surface area contributed by atoms with Crippen molar-refractivity contribution >= 4 is 23.6 Å². The van der Waals surface area contributed by atoms with E-state index in [1.54, 1.807) is 13.0 Å². The second-order valence-electron chi connectivity index (χ2n) is 5.97. The molecule has 0 aliphatic heterocycles. The van der Waals surface area contributed by atoms with Gasteiger partial charge in [0.2, 0.25) is 11.8 Å². The number of amides is 1. The van der Waals surface area contributed by atoms with Crippen molar-refractivity contribution in [3.63, 3.8) is 0 Å². The van der Waals surface area contributed by atoms with Gasteiger partial charge in [0.1, 0.15) is 0 Å². The van der Waals surface area contributed by atoms with Gasteiger partial charge in [-0.15, -0.1) is 10.2 Å². The van der Waals surface area contributed by atoms with Crippen molar-refractivity contribution in [3.8, 4) is 11.4 Å². The number of aromatic nitrogens is 4. The Kier molecular flexibility index (Phi) is 5.72. The first-order chi connectivity index (χ1) is 12.6. The minimum Gasteiger partial charge on any atom is -0.338 e. The van der Waals surface area contributed by atoms with Gasteiger partial charge in [-0.05, 0) is 20.3 Å². The van der Waals surface area contributed by atoms with Gasteiger partial charge in [0.05, 0.1) is 11.4 Å². The fourth-order valence-corrected chi connectivity index (χ4v) is 3.30. The number of carbonyl (C=O) groups is 1. The Balaban J connectivity index is 1.75. The molecule has 0 saturated carbocycles. The Labute approximate surface area is 156 Å². The molecule has 1 amide bonds. The van der Waals surface area contributed by atoms with Crippen molar-refractivity contribution in [2.24, 2.45) is 0 Å². The zero-order valence-corrected chi connectivity index (χ0v) is 15.8. The summed E-state index contributed by atoms with van der Waals surface area (Å²) in [5, 5.41) is 15.8. The summed E-state index contributed by atoms with van der Waals surface area (Å²) >= 11 is 1.36. The van der Waals surface area contributed by atoms with Crippen molar-refractivity contribution in [2.75, 3.05) is 11.1 Å². The van der Waals surface area contributed by atoms with Gasteiger partial charge in [0.15, 0.2) is 11.0 Å². The van der Waals surface area contributed by atoms with E-state index in [-0.39, 0.29) is 17.7 Å². The summed E-state index contributed by atoms with van der Waals surface area (Å²) in [6.07, 6.45) is 0.939. The van der Waals surface area contributed by atoms with Crippen LogP contribution in [-0.4, -0.2) is 31.6 Å². The Hall–Kier alpha value is -2.61. The number of hydrogen-bond donors (Lipinski definition) is 1. The molecule has 0 aliphatic rings. The lowest BCUT2D eigenvalue weighted by atomic mass is 10.2. The summed E-state index contributed by atoms with van der Waals surface area (Å²) < 4.78 is 7.09. The number of hydrogen-bond acceptors (Lipinski definition) is 6. The van der Waals surface area contributed by atoms with Gasteiger partial charge >= 0.3 is 0 Å². The maximum atomic E-state index is 12.1. The predicted molar refractivity (Wildman–Crippen MR) is 101 cm³/mol. The third-order valence-electron chi connectivity index (χ3n) is 3.95. The smallest absolute Gasteiger partial charge is 0.237 e. The number of anilines is 1. The van der Waals surface area contributed by atoms with Gasteiger partial charge < -0.3 is 4.52 Å². The van der Waals surface area contributed by atoms with Crippen LogP contribution in [0.15, 0.2) is 46.1 Å². The van der Waals surface area contributed by atoms with Gasteiger partial charge in [-0.25, -0.2) is 0 Å². The van der Waals surface area contributed by atoms with Crippen molar-refractivity contribution in [1.82, 2.24) is 19.9 Å². The molecule has 0 fully saturated rings. The standard InChI is InChI=1S/C18H21N5O2S/c1-4-13(3)23-17(14-8-6-5-7-9-14)20-21-18(23)26-11-15(24)19-16-10-12(2)22-25-16/h5-10,13H,4,11H2,1-3H3,(H,19,24). The van der Waals surface area contributed by atoms with E-state index in [0.29, 0.717) is 5.88 Å². The van der Waals surface area contributed by atoms with Crippen molar-refractivity contribution in [2.45, 2.75) is 38.4 Å². The molecule has 0 spiro atoms. The van der Waals surface area contributed by atoms with Crippen molar-refractivity contribution in [1.29, 1.82) is 0 Å². The van der Waals surface area contributed by atoms with Gasteiger partial charge in [-0.1, -0.05) is 54.2 Å². The Morgan fingerprint density at radius 2 is 2.08 bits per heavy atom. The monoisotopic (exact) mass is 371 g/mol. The highest BCUT2D eigenvalue weighted by Gasteiger charge is 2.19. The van der Waals surface area contributed by atoms with Gasteiger partial charge in [-0.2, -0.15) is 0 Å². The molecule has 136 valence electrons. The summed E-state index contributed by atoms with van der Waals surface area (Å²) in [5.74, 6) is 1.20. The van der Waals surface area contributed by atoms with E-state index in [1.165, 1.54) is 11.8 Å². The van der Waals surface area contributed by atoms with E-state index >= 15 is 0 Å². The molecule has 26 heavy (non-hydrogen) atoms. The molecule has 1 atom stereocenters. The van der Waals surface area contributed by atoms with Crippen LogP contribution in [-0.2, 0) is 4.79 Å². The third kappa shape index (κ3) is 4.13. The fourth-order valence-electron chi connectivity index (χ4n) is 2.47. The van der Waals surface area contributed by atoms with Crippen LogP contribution < -0.4 is 5.32 Å². The zero-order chi connectivity index (χ0) is 18.5. The quantitative estimate of drug-likeness (QED) is 0.633. The SMILES string of the molecule is CCC(C)n1c(SCC(=O)Nc2cc(C)no2)nnc1-c1ccccc1. The molecule has 7 nitrogen and oxygen atoms in total. The number of aryl methyl sites for hydroxylation is 1. The van der Waals surface area contributed by atoms with E-state index in [2.05, 4.69) is 39.1 Å².